The van der Waals surface area contributed by atoms with Crippen molar-refractivity contribution in [2.45, 2.75) is 52.1 Å². The van der Waals surface area contributed by atoms with Crippen molar-refractivity contribution < 1.29 is 8.78 Å². The fraction of sp³-hybridized carbons (Fsp3) is 0.571. The third-order valence-electron chi connectivity index (χ3n) is 3.04. The van der Waals surface area contributed by atoms with Gasteiger partial charge < -0.3 is 5.32 Å². The van der Waals surface area contributed by atoms with Crippen molar-refractivity contribution in [1.82, 2.24) is 5.32 Å². The van der Waals surface area contributed by atoms with Crippen LogP contribution in [0.25, 0.3) is 0 Å². The van der Waals surface area contributed by atoms with E-state index in [1.165, 1.54) is 12.1 Å². The molecule has 3 heteroatoms. The van der Waals surface area contributed by atoms with Crippen LogP contribution < -0.4 is 5.32 Å². The van der Waals surface area contributed by atoms with E-state index in [4.69, 9.17) is 0 Å². The highest BCUT2D eigenvalue weighted by molar-refractivity contribution is 5.21. The van der Waals surface area contributed by atoms with Crippen LogP contribution in [0.5, 0.6) is 0 Å². The quantitative estimate of drug-likeness (QED) is 0.787. The van der Waals surface area contributed by atoms with Crippen molar-refractivity contribution in [3.8, 4) is 0 Å². The lowest BCUT2D eigenvalue weighted by molar-refractivity contribution is 0.407. The fourth-order valence-electron chi connectivity index (χ4n) is 2.05. The first-order chi connectivity index (χ1) is 8.08. The van der Waals surface area contributed by atoms with Crippen LogP contribution in [0.1, 0.15) is 51.6 Å². The highest BCUT2D eigenvalue weighted by Crippen LogP contribution is 2.19. The SMILES string of the molecule is CCCC(CC)NC(C)c1ccc(F)cc1F. The summed E-state index contributed by atoms with van der Waals surface area (Å²) in [6.07, 6.45) is 3.19. The summed E-state index contributed by atoms with van der Waals surface area (Å²) in [5.74, 6) is -1.00. The maximum atomic E-state index is 13.6. The predicted octanol–water partition coefficient (Wildman–Crippen LogP) is 4.19. The Labute approximate surface area is 102 Å². The van der Waals surface area contributed by atoms with E-state index in [2.05, 4.69) is 19.2 Å². The zero-order valence-electron chi connectivity index (χ0n) is 10.8. The van der Waals surface area contributed by atoms with E-state index in [9.17, 15) is 8.78 Å². The van der Waals surface area contributed by atoms with Crippen LogP contribution >= 0.6 is 0 Å². The number of nitrogens with one attached hydrogen (secondary N) is 1. The number of halogens is 2. The van der Waals surface area contributed by atoms with Gasteiger partial charge in [-0.1, -0.05) is 26.3 Å². The van der Waals surface area contributed by atoms with E-state index in [1.807, 2.05) is 6.92 Å². The summed E-state index contributed by atoms with van der Waals surface area (Å²) in [7, 11) is 0. The number of rotatable bonds is 6. The molecule has 0 bridgehead atoms. The molecule has 0 saturated heterocycles. The normalized spacial score (nSPS) is 14.6. The summed E-state index contributed by atoms with van der Waals surface area (Å²) >= 11 is 0. The number of hydrogen-bond acceptors (Lipinski definition) is 1. The van der Waals surface area contributed by atoms with Gasteiger partial charge in [-0.2, -0.15) is 0 Å². The van der Waals surface area contributed by atoms with Crippen molar-refractivity contribution in [1.29, 1.82) is 0 Å². The molecule has 0 amide bonds. The maximum Gasteiger partial charge on any atom is 0.130 e. The monoisotopic (exact) mass is 241 g/mol. The van der Waals surface area contributed by atoms with Gasteiger partial charge in [0.2, 0.25) is 0 Å². The van der Waals surface area contributed by atoms with E-state index in [1.54, 1.807) is 0 Å². The summed E-state index contributed by atoms with van der Waals surface area (Å²) in [5.41, 5.74) is 0.529. The fourth-order valence-corrected chi connectivity index (χ4v) is 2.05. The third kappa shape index (κ3) is 4.08. The van der Waals surface area contributed by atoms with E-state index in [0.29, 0.717) is 11.6 Å². The average molecular weight is 241 g/mol. The highest BCUT2D eigenvalue weighted by atomic mass is 19.1. The molecule has 0 radical (unpaired) electrons. The molecule has 1 nitrogen and oxygen atoms in total. The minimum atomic E-state index is -0.529. The summed E-state index contributed by atoms with van der Waals surface area (Å²) in [5, 5.41) is 3.38. The van der Waals surface area contributed by atoms with Gasteiger partial charge in [-0.25, -0.2) is 8.78 Å². The van der Waals surface area contributed by atoms with Crippen LogP contribution in [-0.2, 0) is 0 Å². The Morgan fingerprint density at radius 3 is 2.47 bits per heavy atom. The van der Waals surface area contributed by atoms with Crippen molar-refractivity contribution >= 4 is 0 Å². The molecule has 2 atom stereocenters. The first-order valence-electron chi connectivity index (χ1n) is 6.29. The Morgan fingerprint density at radius 2 is 1.94 bits per heavy atom. The lowest BCUT2D eigenvalue weighted by Crippen LogP contribution is -2.31. The van der Waals surface area contributed by atoms with Gasteiger partial charge in [-0.3, -0.25) is 0 Å². The van der Waals surface area contributed by atoms with Crippen LogP contribution in [0.15, 0.2) is 18.2 Å². The summed E-state index contributed by atoms with van der Waals surface area (Å²) in [4.78, 5) is 0. The molecule has 1 rings (SSSR count). The molecular weight excluding hydrogens is 220 g/mol. The molecule has 17 heavy (non-hydrogen) atoms. The van der Waals surface area contributed by atoms with Crippen molar-refractivity contribution in [2.24, 2.45) is 0 Å². The van der Waals surface area contributed by atoms with Gasteiger partial charge in [0.05, 0.1) is 0 Å². The Morgan fingerprint density at radius 1 is 1.24 bits per heavy atom. The predicted molar refractivity (Wildman–Crippen MR) is 66.9 cm³/mol. The van der Waals surface area contributed by atoms with Gasteiger partial charge in [-0.15, -0.1) is 0 Å². The molecule has 0 saturated carbocycles. The Hall–Kier alpha value is -0.960. The molecule has 1 N–H and O–H groups in total. The standard InChI is InChI=1S/C14H21F2N/c1-4-6-12(5-2)17-10(3)13-8-7-11(15)9-14(13)16/h7-10,12,17H,4-6H2,1-3H3. The molecular formula is C14H21F2N. The van der Waals surface area contributed by atoms with Crippen LogP contribution in [0.3, 0.4) is 0 Å². The van der Waals surface area contributed by atoms with Crippen LogP contribution in [0.2, 0.25) is 0 Å². The molecule has 0 fully saturated rings. The van der Waals surface area contributed by atoms with Gasteiger partial charge in [0.15, 0.2) is 0 Å². The maximum absolute atomic E-state index is 13.6. The second-order valence-electron chi connectivity index (χ2n) is 4.45. The van der Waals surface area contributed by atoms with Gasteiger partial charge >= 0.3 is 0 Å². The first kappa shape index (κ1) is 14.1. The van der Waals surface area contributed by atoms with Crippen molar-refractivity contribution in [3.05, 3.63) is 35.4 Å². The molecule has 1 aromatic rings. The zero-order valence-corrected chi connectivity index (χ0v) is 10.8. The largest absolute Gasteiger partial charge is 0.307 e. The van der Waals surface area contributed by atoms with Gasteiger partial charge in [0.1, 0.15) is 11.6 Å². The van der Waals surface area contributed by atoms with Crippen LogP contribution in [-0.4, -0.2) is 6.04 Å². The average Bonchev–Trinajstić information content (AvgIpc) is 2.28. The molecule has 0 aliphatic heterocycles. The van der Waals surface area contributed by atoms with Crippen molar-refractivity contribution in [2.75, 3.05) is 0 Å². The van der Waals surface area contributed by atoms with E-state index in [-0.39, 0.29) is 6.04 Å². The number of hydrogen-bond donors (Lipinski definition) is 1. The van der Waals surface area contributed by atoms with E-state index in [0.717, 1.165) is 25.3 Å². The molecule has 0 heterocycles. The summed E-state index contributed by atoms with van der Waals surface area (Å²) in [6.45, 7) is 6.16. The van der Waals surface area contributed by atoms with Gasteiger partial charge in [-0.05, 0) is 25.8 Å². The smallest absolute Gasteiger partial charge is 0.130 e. The van der Waals surface area contributed by atoms with Crippen LogP contribution in [0.4, 0.5) is 8.78 Å². The molecule has 1 aromatic carbocycles. The molecule has 0 aliphatic carbocycles. The number of benzene rings is 1. The van der Waals surface area contributed by atoms with Crippen molar-refractivity contribution in [3.63, 3.8) is 0 Å². The minimum Gasteiger partial charge on any atom is -0.307 e. The molecule has 0 spiro atoms. The lowest BCUT2D eigenvalue weighted by Gasteiger charge is -2.22. The molecule has 0 aromatic heterocycles. The Kier molecular flexibility index (Phi) is 5.56. The van der Waals surface area contributed by atoms with Gasteiger partial charge in [0.25, 0.3) is 0 Å². The second-order valence-corrected chi connectivity index (χ2v) is 4.45. The van der Waals surface area contributed by atoms with Crippen LogP contribution in [0, 0.1) is 11.6 Å². The summed E-state index contributed by atoms with van der Waals surface area (Å²) in [6, 6.07) is 4.05. The van der Waals surface area contributed by atoms with E-state index < -0.39 is 11.6 Å². The minimum absolute atomic E-state index is 0.0906. The van der Waals surface area contributed by atoms with E-state index >= 15 is 0 Å². The lowest BCUT2D eigenvalue weighted by atomic mass is 10.0. The second kappa shape index (κ2) is 6.70. The van der Waals surface area contributed by atoms with Gasteiger partial charge in [0, 0.05) is 23.7 Å². The first-order valence-corrected chi connectivity index (χ1v) is 6.29. The summed E-state index contributed by atoms with van der Waals surface area (Å²) < 4.78 is 26.4. The molecule has 2 unspecified atom stereocenters. The topological polar surface area (TPSA) is 12.0 Å². The highest BCUT2D eigenvalue weighted by Gasteiger charge is 2.14. The third-order valence-corrected chi connectivity index (χ3v) is 3.04. The Bertz CT molecular complexity index is 352. The molecule has 0 aliphatic rings. The molecule has 96 valence electrons. The zero-order chi connectivity index (χ0) is 12.8. The Balaban J connectivity index is 2.71.